The number of hydrogen-bond acceptors (Lipinski definition) is 4. The van der Waals surface area contributed by atoms with Crippen LogP contribution in [0.15, 0.2) is 39.0 Å². The summed E-state index contributed by atoms with van der Waals surface area (Å²) in [5.41, 5.74) is 0.751. The quantitative estimate of drug-likeness (QED) is 0.769. The van der Waals surface area contributed by atoms with Crippen LogP contribution in [0.4, 0.5) is 0 Å². The number of benzene rings is 1. The monoisotopic (exact) mass is 408 g/mol. The van der Waals surface area contributed by atoms with E-state index in [1.807, 2.05) is 12.1 Å². The second-order valence-electron chi connectivity index (χ2n) is 4.31. The fourth-order valence-electron chi connectivity index (χ4n) is 1.74. The minimum atomic E-state index is -3.55. The number of hydrogen-bond donors (Lipinski definition) is 2. The Balaban J connectivity index is 2.17. The molecule has 2 N–H and O–H groups in total. The van der Waals surface area contributed by atoms with Crippen LogP contribution in [-0.4, -0.2) is 15.5 Å². The molecule has 0 bridgehead atoms. The van der Waals surface area contributed by atoms with Gasteiger partial charge in [-0.2, -0.15) is 0 Å². The van der Waals surface area contributed by atoms with Gasteiger partial charge in [0.1, 0.15) is 0 Å². The highest BCUT2D eigenvalue weighted by Crippen LogP contribution is 2.23. The predicted molar refractivity (Wildman–Crippen MR) is 90.3 cm³/mol. The van der Waals surface area contributed by atoms with Crippen molar-refractivity contribution in [3.8, 4) is 0 Å². The van der Waals surface area contributed by atoms with Crippen molar-refractivity contribution in [3.63, 3.8) is 0 Å². The van der Waals surface area contributed by atoms with Crippen molar-refractivity contribution in [3.05, 3.63) is 49.6 Å². The van der Waals surface area contributed by atoms with E-state index in [1.165, 1.54) is 17.4 Å². The zero-order chi connectivity index (χ0) is 15.5. The van der Waals surface area contributed by atoms with Crippen LogP contribution in [0.2, 0.25) is 5.02 Å². The molecule has 114 valence electrons. The van der Waals surface area contributed by atoms with E-state index in [9.17, 15) is 8.42 Å². The molecule has 0 unspecified atom stereocenters. The van der Waals surface area contributed by atoms with Crippen LogP contribution >= 0.6 is 38.9 Å². The minimum absolute atomic E-state index is 0.216. The lowest BCUT2D eigenvalue weighted by molar-refractivity contribution is 0.581. The standard InChI is InChI=1S/C13H14BrClN2O2S2/c1-16-7-9-6-11(3-4-12(9)15)21(18,19)17-8-10-2-5-13(14)20-10/h2-6,16-17H,7-8H2,1H3. The summed E-state index contributed by atoms with van der Waals surface area (Å²) >= 11 is 10.9. The molecule has 8 heteroatoms. The topological polar surface area (TPSA) is 58.2 Å². The van der Waals surface area contributed by atoms with Crippen molar-refractivity contribution < 1.29 is 8.42 Å². The molecule has 21 heavy (non-hydrogen) atoms. The van der Waals surface area contributed by atoms with Crippen LogP contribution in [0, 0.1) is 0 Å². The first-order valence-electron chi connectivity index (χ1n) is 6.09. The third-order valence-electron chi connectivity index (χ3n) is 2.76. The molecule has 0 saturated carbocycles. The van der Waals surface area contributed by atoms with Gasteiger partial charge in [-0.05, 0) is 58.9 Å². The van der Waals surface area contributed by atoms with E-state index in [0.29, 0.717) is 11.6 Å². The van der Waals surface area contributed by atoms with Gasteiger partial charge in [0.2, 0.25) is 10.0 Å². The smallest absolute Gasteiger partial charge is 0.240 e. The van der Waals surface area contributed by atoms with E-state index < -0.39 is 10.0 Å². The summed E-state index contributed by atoms with van der Waals surface area (Å²) < 4.78 is 28.2. The van der Waals surface area contributed by atoms with Crippen molar-refractivity contribution in [2.45, 2.75) is 18.0 Å². The van der Waals surface area contributed by atoms with Gasteiger partial charge >= 0.3 is 0 Å². The summed E-state index contributed by atoms with van der Waals surface area (Å²) in [5, 5.41) is 3.51. The Morgan fingerprint density at radius 3 is 2.62 bits per heavy atom. The van der Waals surface area contributed by atoms with Gasteiger partial charge in [-0.1, -0.05) is 11.6 Å². The van der Waals surface area contributed by atoms with Gasteiger partial charge in [0.05, 0.1) is 8.68 Å². The highest BCUT2D eigenvalue weighted by Gasteiger charge is 2.15. The molecular formula is C13H14BrClN2O2S2. The fraction of sp³-hybridized carbons (Fsp3) is 0.231. The molecule has 4 nitrogen and oxygen atoms in total. The van der Waals surface area contributed by atoms with Gasteiger partial charge in [0.25, 0.3) is 0 Å². The van der Waals surface area contributed by atoms with Crippen LogP contribution in [0.1, 0.15) is 10.4 Å². The molecule has 2 aromatic rings. The van der Waals surface area contributed by atoms with Gasteiger partial charge in [0, 0.05) is 23.0 Å². The lowest BCUT2D eigenvalue weighted by Crippen LogP contribution is -2.23. The molecule has 1 aromatic heterocycles. The number of thiophene rings is 1. The second kappa shape index (κ2) is 7.21. The molecule has 0 fully saturated rings. The van der Waals surface area contributed by atoms with E-state index in [4.69, 9.17) is 11.6 Å². The maximum Gasteiger partial charge on any atom is 0.240 e. The average Bonchev–Trinajstić information content (AvgIpc) is 2.85. The highest BCUT2D eigenvalue weighted by atomic mass is 79.9. The Labute approximate surface area is 141 Å². The van der Waals surface area contributed by atoms with Crippen LogP contribution in [0.3, 0.4) is 0 Å². The first-order valence-corrected chi connectivity index (χ1v) is 9.56. The van der Waals surface area contributed by atoms with Gasteiger partial charge in [-0.3, -0.25) is 0 Å². The molecule has 0 radical (unpaired) electrons. The highest BCUT2D eigenvalue weighted by molar-refractivity contribution is 9.11. The largest absolute Gasteiger partial charge is 0.316 e. The van der Waals surface area contributed by atoms with Gasteiger partial charge in [-0.15, -0.1) is 11.3 Å². The Bertz CT molecular complexity index is 732. The molecule has 1 heterocycles. The predicted octanol–water partition coefficient (Wildman–Crippen LogP) is 3.36. The molecule has 0 saturated heterocycles. The van der Waals surface area contributed by atoms with Crippen LogP contribution in [-0.2, 0) is 23.1 Å². The zero-order valence-corrected chi connectivity index (χ0v) is 15.2. The Kier molecular flexibility index (Phi) is 5.81. The number of rotatable bonds is 6. The Morgan fingerprint density at radius 1 is 1.24 bits per heavy atom. The van der Waals surface area contributed by atoms with Crippen LogP contribution in [0.25, 0.3) is 0 Å². The molecule has 0 aliphatic rings. The maximum absolute atomic E-state index is 12.3. The van der Waals surface area contributed by atoms with Gasteiger partial charge in [-0.25, -0.2) is 13.1 Å². The van der Waals surface area contributed by atoms with Crippen molar-refractivity contribution in [2.75, 3.05) is 7.05 Å². The van der Waals surface area contributed by atoms with Crippen molar-refractivity contribution in [1.29, 1.82) is 0 Å². The summed E-state index contributed by atoms with van der Waals surface area (Å²) in [4.78, 5) is 1.16. The Hall–Kier alpha value is -0.440. The van der Waals surface area contributed by atoms with E-state index in [1.54, 1.807) is 19.2 Å². The number of nitrogens with one attached hydrogen (secondary N) is 2. The van der Waals surface area contributed by atoms with Crippen molar-refractivity contribution in [2.24, 2.45) is 0 Å². The van der Waals surface area contributed by atoms with Gasteiger partial charge in [0.15, 0.2) is 0 Å². The average molecular weight is 410 g/mol. The normalized spacial score (nSPS) is 11.8. The third kappa shape index (κ3) is 4.51. The molecule has 0 aliphatic heterocycles. The van der Waals surface area contributed by atoms with E-state index in [-0.39, 0.29) is 11.4 Å². The molecular weight excluding hydrogens is 396 g/mol. The summed E-state index contributed by atoms with van der Waals surface area (Å²) in [7, 11) is -1.77. The fourth-order valence-corrected chi connectivity index (χ4v) is 4.50. The van der Waals surface area contributed by atoms with E-state index in [2.05, 4.69) is 26.0 Å². The summed E-state index contributed by atoms with van der Waals surface area (Å²) in [6, 6.07) is 8.47. The summed E-state index contributed by atoms with van der Waals surface area (Å²) in [6.45, 7) is 0.780. The Morgan fingerprint density at radius 2 is 2.00 bits per heavy atom. The molecule has 0 spiro atoms. The van der Waals surface area contributed by atoms with Gasteiger partial charge < -0.3 is 5.32 Å². The second-order valence-corrected chi connectivity index (χ2v) is 9.04. The third-order valence-corrected chi connectivity index (χ3v) is 6.15. The SMILES string of the molecule is CNCc1cc(S(=O)(=O)NCc2ccc(Br)s2)ccc1Cl. The molecule has 0 aliphatic carbocycles. The molecule has 0 atom stereocenters. The molecule has 2 rings (SSSR count). The maximum atomic E-state index is 12.3. The summed E-state index contributed by atoms with van der Waals surface area (Å²) in [6.07, 6.45) is 0. The number of sulfonamides is 1. The van der Waals surface area contributed by atoms with E-state index >= 15 is 0 Å². The van der Waals surface area contributed by atoms with Crippen molar-refractivity contribution in [1.82, 2.24) is 10.0 Å². The summed E-state index contributed by atoms with van der Waals surface area (Å²) in [5.74, 6) is 0. The minimum Gasteiger partial charge on any atom is -0.316 e. The zero-order valence-electron chi connectivity index (χ0n) is 11.2. The lowest BCUT2D eigenvalue weighted by Gasteiger charge is -2.09. The first kappa shape index (κ1) is 16.9. The van der Waals surface area contributed by atoms with E-state index in [0.717, 1.165) is 14.2 Å². The number of halogens is 2. The first-order chi connectivity index (χ1) is 9.92. The van der Waals surface area contributed by atoms with Crippen LogP contribution < -0.4 is 10.0 Å². The lowest BCUT2D eigenvalue weighted by atomic mass is 10.2. The van der Waals surface area contributed by atoms with Crippen LogP contribution in [0.5, 0.6) is 0 Å². The van der Waals surface area contributed by atoms with Crippen molar-refractivity contribution >= 4 is 48.9 Å². The molecule has 0 amide bonds. The molecule has 1 aromatic carbocycles.